The quantitative estimate of drug-likeness (QED) is 0.915. The Balaban J connectivity index is 2.28. The number of benzene rings is 1. The summed E-state index contributed by atoms with van der Waals surface area (Å²) in [6.07, 6.45) is 2.90. The third-order valence-electron chi connectivity index (χ3n) is 3.43. The SMILES string of the molecule is CC(=O)NCc1ccccc1S(=O)(=O)N1CCCCC1. The molecule has 2 rings (SSSR count). The van der Waals surface area contributed by atoms with Crippen LogP contribution in [0.25, 0.3) is 0 Å². The van der Waals surface area contributed by atoms with Gasteiger partial charge in [0.2, 0.25) is 15.9 Å². The fourth-order valence-electron chi connectivity index (χ4n) is 2.37. The minimum Gasteiger partial charge on any atom is -0.352 e. The average molecular weight is 296 g/mol. The van der Waals surface area contributed by atoms with E-state index in [0.29, 0.717) is 23.5 Å². The lowest BCUT2D eigenvalue weighted by molar-refractivity contribution is -0.119. The number of hydrogen-bond acceptors (Lipinski definition) is 3. The normalized spacial score (nSPS) is 16.9. The van der Waals surface area contributed by atoms with Gasteiger partial charge in [0, 0.05) is 26.6 Å². The molecule has 0 spiro atoms. The van der Waals surface area contributed by atoms with E-state index >= 15 is 0 Å². The maximum Gasteiger partial charge on any atom is 0.243 e. The number of piperidine rings is 1. The van der Waals surface area contributed by atoms with E-state index in [1.165, 1.54) is 6.92 Å². The predicted octanol–water partition coefficient (Wildman–Crippen LogP) is 1.50. The Kier molecular flexibility index (Phi) is 4.77. The van der Waals surface area contributed by atoms with Crippen LogP contribution < -0.4 is 5.32 Å². The van der Waals surface area contributed by atoms with Crippen LogP contribution in [0.3, 0.4) is 0 Å². The smallest absolute Gasteiger partial charge is 0.243 e. The van der Waals surface area contributed by atoms with Gasteiger partial charge in [0.15, 0.2) is 0 Å². The van der Waals surface area contributed by atoms with Crippen LogP contribution in [-0.4, -0.2) is 31.7 Å². The van der Waals surface area contributed by atoms with E-state index in [0.717, 1.165) is 19.3 Å². The molecule has 1 N–H and O–H groups in total. The van der Waals surface area contributed by atoms with E-state index in [2.05, 4.69) is 5.32 Å². The second kappa shape index (κ2) is 6.37. The number of carbonyl (C=O) groups excluding carboxylic acids is 1. The van der Waals surface area contributed by atoms with Crippen molar-refractivity contribution in [1.29, 1.82) is 0 Å². The van der Waals surface area contributed by atoms with Crippen molar-refractivity contribution in [2.45, 2.75) is 37.6 Å². The van der Waals surface area contributed by atoms with Gasteiger partial charge < -0.3 is 5.32 Å². The van der Waals surface area contributed by atoms with Gasteiger partial charge in [-0.15, -0.1) is 0 Å². The summed E-state index contributed by atoms with van der Waals surface area (Å²) in [5.74, 6) is -0.171. The van der Waals surface area contributed by atoms with Gasteiger partial charge in [0.05, 0.1) is 4.90 Å². The van der Waals surface area contributed by atoms with Crippen LogP contribution in [0.4, 0.5) is 0 Å². The van der Waals surface area contributed by atoms with Crippen molar-refractivity contribution in [3.05, 3.63) is 29.8 Å². The molecule has 110 valence electrons. The number of nitrogens with one attached hydrogen (secondary N) is 1. The molecule has 1 aliphatic heterocycles. The number of hydrogen-bond donors (Lipinski definition) is 1. The Morgan fingerprint density at radius 2 is 1.85 bits per heavy atom. The number of carbonyl (C=O) groups is 1. The summed E-state index contributed by atoms with van der Waals surface area (Å²) in [5.41, 5.74) is 0.633. The number of nitrogens with zero attached hydrogens (tertiary/aromatic N) is 1. The molecule has 6 heteroatoms. The third-order valence-corrected chi connectivity index (χ3v) is 5.43. The van der Waals surface area contributed by atoms with Gasteiger partial charge in [-0.1, -0.05) is 24.6 Å². The van der Waals surface area contributed by atoms with Crippen LogP contribution in [-0.2, 0) is 21.4 Å². The van der Waals surface area contributed by atoms with E-state index < -0.39 is 10.0 Å². The van der Waals surface area contributed by atoms with Gasteiger partial charge in [0.1, 0.15) is 0 Å². The lowest BCUT2D eigenvalue weighted by atomic mass is 10.2. The van der Waals surface area contributed by atoms with E-state index in [1.54, 1.807) is 28.6 Å². The van der Waals surface area contributed by atoms with Gasteiger partial charge in [-0.3, -0.25) is 4.79 Å². The Hall–Kier alpha value is -1.40. The highest BCUT2D eigenvalue weighted by molar-refractivity contribution is 7.89. The van der Waals surface area contributed by atoms with Crippen molar-refractivity contribution in [2.75, 3.05) is 13.1 Å². The first-order chi connectivity index (χ1) is 9.51. The van der Waals surface area contributed by atoms with E-state index in [-0.39, 0.29) is 12.5 Å². The van der Waals surface area contributed by atoms with Crippen molar-refractivity contribution in [3.8, 4) is 0 Å². The molecule has 5 nitrogen and oxygen atoms in total. The van der Waals surface area contributed by atoms with E-state index in [1.807, 2.05) is 0 Å². The van der Waals surface area contributed by atoms with Gasteiger partial charge in [-0.2, -0.15) is 4.31 Å². The minimum atomic E-state index is -3.46. The maximum atomic E-state index is 12.7. The largest absolute Gasteiger partial charge is 0.352 e. The Morgan fingerprint density at radius 1 is 1.20 bits per heavy atom. The van der Waals surface area contributed by atoms with Crippen LogP contribution in [0.2, 0.25) is 0 Å². The van der Waals surface area contributed by atoms with Crippen LogP contribution >= 0.6 is 0 Å². The molecular weight excluding hydrogens is 276 g/mol. The molecule has 0 bridgehead atoms. The summed E-state index contributed by atoms with van der Waals surface area (Å²) in [5, 5.41) is 2.66. The van der Waals surface area contributed by atoms with Crippen LogP contribution in [0.15, 0.2) is 29.2 Å². The molecule has 0 aromatic heterocycles. The zero-order chi connectivity index (χ0) is 14.6. The van der Waals surface area contributed by atoms with Gasteiger partial charge in [-0.25, -0.2) is 8.42 Å². The van der Waals surface area contributed by atoms with E-state index in [4.69, 9.17) is 0 Å². The van der Waals surface area contributed by atoms with Gasteiger partial charge in [-0.05, 0) is 24.5 Å². The summed E-state index contributed by atoms with van der Waals surface area (Å²) < 4.78 is 26.9. The molecule has 1 aromatic carbocycles. The molecule has 0 atom stereocenters. The van der Waals surface area contributed by atoms with Crippen molar-refractivity contribution in [3.63, 3.8) is 0 Å². The summed E-state index contributed by atoms with van der Waals surface area (Å²) in [6, 6.07) is 6.86. The fraction of sp³-hybridized carbons (Fsp3) is 0.500. The molecule has 20 heavy (non-hydrogen) atoms. The van der Waals surface area contributed by atoms with E-state index in [9.17, 15) is 13.2 Å². The summed E-state index contributed by atoms with van der Waals surface area (Å²) in [7, 11) is -3.46. The predicted molar refractivity (Wildman–Crippen MR) is 76.6 cm³/mol. The van der Waals surface area contributed by atoms with Crippen molar-refractivity contribution >= 4 is 15.9 Å². The average Bonchev–Trinajstić information content (AvgIpc) is 2.46. The summed E-state index contributed by atoms with van der Waals surface area (Å²) in [6.45, 7) is 2.81. The van der Waals surface area contributed by atoms with Gasteiger partial charge >= 0.3 is 0 Å². The first kappa shape index (κ1) is 15.0. The first-order valence-corrected chi connectivity index (χ1v) is 8.28. The molecular formula is C14H20N2O3S. The lowest BCUT2D eigenvalue weighted by Crippen LogP contribution is -2.36. The highest BCUT2D eigenvalue weighted by atomic mass is 32.2. The molecule has 1 heterocycles. The van der Waals surface area contributed by atoms with Crippen LogP contribution in [0.1, 0.15) is 31.7 Å². The second-order valence-electron chi connectivity index (χ2n) is 4.98. The molecule has 0 radical (unpaired) electrons. The Labute approximate surface area is 120 Å². The standard InChI is InChI=1S/C14H20N2O3S/c1-12(17)15-11-13-7-3-4-8-14(13)20(18,19)16-9-5-2-6-10-16/h3-4,7-8H,2,5-6,9-11H2,1H3,(H,15,17). The summed E-state index contributed by atoms with van der Waals surface area (Å²) >= 11 is 0. The number of rotatable bonds is 4. The first-order valence-electron chi connectivity index (χ1n) is 6.84. The zero-order valence-corrected chi connectivity index (χ0v) is 12.4. The fourth-order valence-corrected chi connectivity index (χ4v) is 4.10. The van der Waals surface area contributed by atoms with Crippen molar-refractivity contribution in [1.82, 2.24) is 9.62 Å². The van der Waals surface area contributed by atoms with Crippen molar-refractivity contribution in [2.24, 2.45) is 0 Å². The Morgan fingerprint density at radius 3 is 2.50 bits per heavy atom. The molecule has 0 saturated carbocycles. The number of amides is 1. The molecule has 1 fully saturated rings. The molecule has 1 saturated heterocycles. The topological polar surface area (TPSA) is 66.5 Å². The zero-order valence-electron chi connectivity index (χ0n) is 11.6. The highest BCUT2D eigenvalue weighted by Crippen LogP contribution is 2.23. The van der Waals surface area contributed by atoms with Crippen LogP contribution in [0.5, 0.6) is 0 Å². The molecule has 0 aliphatic carbocycles. The second-order valence-corrected chi connectivity index (χ2v) is 6.89. The summed E-state index contributed by atoms with van der Waals surface area (Å²) in [4.78, 5) is 11.3. The minimum absolute atomic E-state index is 0.171. The molecule has 0 unspecified atom stereocenters. The molecule has 1 aliphatic rings. The van der Waals surface area contributed by atoms with Crippen molar-refractivity contribution < 1.29 is 13.2 Å². The monoisotopic (exact) mass is 296 g/mol. The maximum absolute atomic E-state index is 12.7. The van der Waals surface area contributed by atoms with Gasteiger partial charge in [0.25, 0.3) is 0 Å². The molecule has 1 aromatic rings. The molecule has 1 amide bonds. The Bertz CT molecular complexity index is 578. The number of sulfonamides is 1. The van der Waals surface area contributed by atoms with Crippen LogP contribution in [0, 0.1) is 0 Å². The highest BCUT2D eigenvalue weighted by Gasteiger charge is 2.27. The third kappa shape index (κ3) is 3.37. The lowest BCUT2D eigenvalue weighted by Gasteiger charge is -2.26.